The van der Waals surface area contributed by atoms with E-state index in [4.69, 9.17) is 16.0 Å². The summed E-state index contributed by atoms with van der Waals surface area (Å²) in [6.07, 6.45) is -0.322. The van der Waals surface area contributed by atoms with Gasteiger partial charge in [0.2, 0.25) is 0 Å². The van der Waals surface area contributed by atoms with Crippen LogP contribution in [0.1, 0.15) is 19.3 Å². The van der Waals surface area contributed by atoms with Crippen LogP contribution in [0.4, 0.5) is 19.2 Å². The second kappa shape index (κ2) is 8.00. The minimum Gasteiger partial charge on any atom is -0.422 e. The summed E-state index contributed by atoms with van der Waals surface area (Å²) in [7, 11) is 1.88. The SMILES string of the molecule is CNC1CCCCN(c2nc3c(OC(F)(F)F)c(Cl)cc(-c4nccs4)c3o2)C1. The van der Waals surface area contributed by atoms with Crippen molar-refractivity contribution in [3.8, 4) is 16.3 Å². The van der Waals surface area contributed by atoms with Gasteiger partial charge in [-0.15, -0.1) is 24.5 Å². The molecular weight excluding hydrogens is 429 g/mol. The Morgan fingerprint density at radius 2 is 2.21 bits per heavy atom. The Kier molecular flexibility index (Phi) is 5.58. The van der Waals surface area contributed by atoms with Crippen LogP contribution in [0.15, 0.2) is 22.1 Å². The number of aromatic nitrogens is 2. The van der Waals surface area contributed by atoms with Gasteiger partial charge in [-0.2, -0.15) is 4.98 Å². The van der Waals surface area contributed by atoms with Gasteiger partial charge in [0.05, 0.1) is 10.6 Å². The number of halogens is 4. The maximum absolute atomic E-state index is 13.0. The highest BCUT2D eigenvalue weighted by molar-refractivity contribution is 7.13. The summed E-state index contributed by atoms with van der Waals surface area (Å²) in [5.74, 6) is -0.565. The molecule has 1 unspecified atom stereocenters. The summed E-state index contributed by atoms with van der Waals surface area (Å²) in [5, 5.41) is 5.38. The van der Waals surface area contributed by atoms with E-state index in [1.165, 1.54) is 17.4 Å². The molecule has 4 rings (SSSR count). The van der Waals surface area contributed by atoms with Crippen LogP contribution in [0.5, 0.6) is 5.75 Å². The molecule has 29 heavy (non-hydrogen) atoms. The van der Waals surface area contributed by atoms with E-state index in [0.717, 1.165) is 19.3 Å². The predicted molar refractivity (Wildman–Crippen MR) is 106 cm³/mol. The van der Waals surface area contributed by atoms with E-state index in [1.807, 2.05) is 11.9 Å². The quantitative estimate of drug-likeness (QED) is 0.603. The summed E-state index contributed by atoms with van der Waals surface area (Å²) in [5.41, 5.74) is 0.581. The standard InChI is InChI=1S/C18H18ClF3N4O2S/c1-23-10-4-2-3-6-26(9-10)17-25-13-14(27-17)11(16-24-5-7-29-16)8-12(19)15(13)28-18(20,21)22/h5,7-8,10,23H,2-4,6,9H2,1H3. The van der Waals surface area contributed by atoms with Crippen molar-refractivity contribution in [1.29, 1.82) is 0 Å². The van der Waals surface area contributed by atoms with Gasteiger partial charge in [-0.25, -0.2) is 4.98 Å². The van der Waals surface area contributed by atoms with Gasteiger partial charge >= 0.3 is 6.36 Å². The molecule has 1 aliphatic rings. The van der Waals surface area contributed by atoms with Crippen LogP contribution in [-0.4, -0.2) is 42.5 Å². The molecule has 3 heterocycles. The Bertz CT molecular complexity index is 993. The number of nitrogens with one attached hydrogen (secondary N) is 1. The summed E-state index contributed by atoms with van der Waals surface area (Å²) in [4.78, 5) is 10.5. The lowest BCUT2D eigenvalue weighted by molar-refractivity contribution is -0.274. The molecule has 2 aromatic heterocycles. The highest BCUT2D eigenvalue weighted by atomic mass is 35.5. The van der Waals surface area contributed by atoms with Crippen LogP contribution in [0.3, 0.4) is 0 Å². The molecule has 1 aliphatic heterocycles. The number of anilines is 1. The lowest BCUT2D eigenvalue weighted by Gasteiger charge is -2.22. The number of likely N-dealkylation sites (N-methyl/N-ethyl adjacent to an activating group) is 1. The molecule has 1 atom stereocenters. The van der Waals surface area contributed by atoms with Gasteiger partial charge in [0, 0.05) is 30.7 Å². The van der Waals surface area contributed by atoms with Crippen molar-refractivity contribution in [2.24, 2.45) is 0 Å². The molecule has 11 heteroatoms. The third kappa shape index (κ3) is 4.29. The van der Waals surface area contributed by atoms with Crippen LogP contribution in [0.25, 0.3) is 21.7 Å². The van der Waals surface area contributed by atoms with E-state index in [1.54, 1.807) is 11.6 Å². The van der Waals surface area contributed by atoms with Crippen molar-refractivity contribution < 1.29 is 22.3 Å². The van der Waals surface area contributed by atoms with E-state index >= 15 is 0 Å². The Morgan fingerprint density at radius 3 is 2.90 bits per heavy atom. The number of rotatable bonds is 4. The van der Waals surface area contributed by atoms with Gasteiger partial charge in [-0.05, 0) is 26.0 Å². The third-order valence-corrected chi connectivity index (χ3v) is 5.88. The lowest BCUT2D eigenvalue weighted by Crippen LogP contribution is -2.38. The van der Waals surface area contributed by atoms with Crippen LogP contribution < -0.4 is 15.0 Å². The number of nitrogens with zero attached hydrogens (tertiary/aromatic N) is 3. The molecule has 156 valence electrons. The van der Waals surface area contributed by atoms with Gasteiger partial charge in [0.1, 0.15) is 5.01 Å². The van der Waals surface area contributed by atoms with E-state index in [9.17, 15) is 13.2 Å². The van der Waals surface area contributed by atoms with Crippen molar-refractivity contribution in [2.45, 2.75) is 31.7 Å². The first-order valence-electron chi connectivity index (χ1n) is 9.06. The Labute approximate surface area is 173 Å². The molecule has 0 saturated carbocycles. The van der Waals surface area contributed by atoms with Crippen molar-refractivity contribution in [2.75, 3.05) is 25.0 Å². The smallest absolute Gasteiger partial charge is 0.422 e. The lowest BCUT2D eigenvalue weighted by atomic mass is 10.1. The average Bonchev–Trinajstić information content (AvgIpc) is 3.29. The highest BCUT2D eigenvalue weighted by Crippen LogP contribution is 2.44. The molecule has 0 spiro atoms. The minimum absolute atomic E-state index is 0.0692. The Balaban J connectivity index is 1.85. The number of thiazole rings is 1. The molecule has 0 bridgehead atoms. The second-order valence-electron chi connectivity index (χ2n) is 6.72. The highest BCUT2D eigenvalue weighted by Gasteiger charge is 2.35. The molecule has 1 N–H and O–H groups in total. The first-order valence-corrected chi connectivity index (χ1v) is 10.3. The molecule has 1 aromatic carbocycles. The second-order valence-corrected chi connectivity index (χ2v) is 8.02. The van der Waals surface area contributed by atoms with Gasteiger partial charge < -0.3 is 19.4 Å². The van der Waals surface area contributed by atoms with E-state index in [2.05, 4.69) is 20.0 Å². The summed E-state index contributed by atoms with van der Waals surface area (Å²) < 4.78 is 49.1. The maximum Gasteiger partial charge on any atom is 0.573 e. The fourth-order valence-electron chi connectivity index (χ4n) is 3.43. The number of ether oxygens (including phenoxy) is 1. The number of hydrogen-bond donors (Lipinski definition) is 1. The largest absolute Gasteiger partial charge is 0.573 e. The molecular formula is C18H18ClF3N4O2S. The van der Waals surface area contributed by atoms with Crippen molar-refractivity contribution in [3.05, 3.63) is 22.7 Å². The zero-order valence-electron chi connectivity index (χ0n) is 15.4. The van der Waals surface area contributed by atoms with Gasteiger partial charge in [-0.1, -0.05) is 18.0 Å². The summed E-state index contributed by atoms with van der Waals surface area (Å²) in [6.45, 7) is 1.33. The van der Waals surface area contributed by atoms with E-state index in [0.29, 0.717) is 23.7 Å². The van der Waals surface area contributed by atoms with Crippen LogP contribution in [0.2, 0.25) is 5.02 Å². The van der Waals surface area contributed by atoms with Crippen molar-refractivity contribution in [1.82, 2.24) is 15.3 Å². The average molecular weight is 447 g/mol. The monoisotopic (exact) mass is 446 g/mol. The van der Waals surface area contributed by atoms with Gasteiger partial charge in [0.25, 0.3) is 6.01 Å². The molecule has 6 nitrogen and oxygen atoms in total. The summed E-state index contributed by atoms with van der Waals surface area (Å²) in [6, 6.07) is 1.85. The van der Waals surface area contributed by atoms with Crippen LogP contribution in [-0.2, 0) is 0 Å². The van der Waals surface area contributed by atoms with Crippen molar-refractivity contribution >= 4 is 40.1 Å². The molecule has 1 fully saturated rings. The fraction of sp³-hybridized carbons (Fsp3) is 0.444. The molecule has 0 amide bonds. The van der Waals surface area contributed by atoms with Crippen LogP contribution >= 0.6 is 22.9 Å². The number of oxazole rings is 1. The van der Waals surface area contributed by atoms with E-state index < -0.39 is 12.1 Å². The predicted octanol–water partition coefficient (Wildman–Crippen LogP) is 5.08. The number of benzene rings is 1. The summed E-state index contributed by atoms with van der Waals surface area (Å²) >= 11 is 7.47. The maximum atomic E-state index is 13.0. The van der Waals surface area contributed by atoms with Crippen LogP contribution in [0, 0.1) is 0 Å². The van der Waals surface area contributed by atoms with Crippen molar-refractivity contribution in [3.63, 3.8) is 0 Å². The van der Waals surface area contributed by atoms with Gasteiger partial charge in [0.15, 0.2) is 16.8 Å². The normalized spacial score (nSPS) is 18.2. The fourth-order valence-corrected chi connectivity index (χ4v) is 4.32. The molecule has 0 aliphatic carbocycles. The Morgan fingerprint density at radius 1 is 1.38 bits per heavy atom. The number of alkyl halides is 3. The van der Waals surface area contributed by atoms with E-state index in [-0.39, 0.29) is 28.2 Å². The minimum atomic E-state index is -4.90. The Hall–Kier alpha value is -2.04. The molecule has 1 saturated heterocycles. The van der Waals surface area contributed by atoms with Gasteiger partial charge in [-0.3, -0.25) is 0 Å². The number of hydrogen-bond acceptors (Lipinski definition) is 7. The third-order valence-electron chi connectivity index (χ3n) is 4.79. The zero-order chi connectivity index (χ0) is 20.6. The first kappa shape index (κ1) is 20.2. The first-order chi connectivity index (χ1) is 13.9. The molecule has 0 radical (unpaired) electrons. The molecule has 3 aromatic rings. The number of fused-ring (bicyclic) bond motifs is 1. The zero-order valence-corrected chi connectivity index (χ0v) is 17.0. The topological polar surface area (TPSA) is 63.4 Å².